The molecule has 3 N–H and O–H groups in total. The quantitative estimate of drug-likeness (QED) is 0.649. The van der Waals surface area contributed by atoms with Crippen LogP contribution >= 0.6 is 0 Å². The number of nitrogens with one attached hydrogen (secondary N) is 3. The highest BCUT2D eigenvalue weighted by molar-refractivity contribution is 6.05. The fourth-order valence-electron chi connectivity index (χ4n) is 3.43. The zero-order valence-corrected chi connectivity index (χ0v) is 13.3. The molecule has 1 aromatic rings. The molecule has 3 aliphatic rings. The van der Waals surface area contributed by atoms with Crippen molar-refractivity contribution in [1.82, 2.24) is 20.9 Å². The minimum absolute atomic E-state index is 0.123. The molecule has 3 amide bonds. The average Bonchev–Trinajstić information content (AvgIpc) is 2.82. The second-order valence-electron chi connectivity index (χ2n) is 6.63. The van der Waals surface area contributed by atoms with Crippen molar-refractivity contribution in [3.63, 3.8) is 0 Å². The Bertz CT molecular complexity index is 714. The van der Waals surface area contributed by atoms with Gasteiger partial charge in [-0.2, -0.15) is 0 Å². The maximum Gasteiger partial charge on any atom is 0.255 e. The van der Waals surface area contributed by atoms with Crippen LogP contribution in [-0.2, 0) is 22.7 Å². The first-order chi connectivity index (χ1) is 11.6. The van der Waals surface area contributed by atoms with Gasteiger partial charge in [0.1, 0.15) is 6.04 Å². The van der Waals surface area contributed by atoms with Gasteiger partial charge in [-0.3, -0.25) is 19.7 Å². The lowest BCUT2D eigenvalue weighted by Gasteiger charge is -2.29. The molecule has 126 valence electrons. The number of rotatable bonds is 4. The number of hydrogen-bond donors (Lipinski definition) is 3. The SMILES string of the molecule is O=C1CCC(N2Cc3cc(CNC4CNC4)ccc3C2=O)C(=O)N1. The van der Waals surface area contributed by atoms with Crippen molar-refractivity contribution >= 4 is 17.7 Å². The Balaban J connectivity index is 1.47. The van der Waals surface area contributed by atoms with Crippen molar-refractivity contribution in [2.45, 2.75) is 38.0 Å². The van der Waals surface area contributed by atoms with Gasteiger partial charge in [0.25, 0.3) is 5.91 Å². The van der Waals surface area contributed by atoms with Gasteiger partial charge < -0.3 is 15.5 Å². The predicted molar refractivity (Wildman–Crippen MR) is 86.0 cm³/mol. The van der Waals surface area contributed by atoms with Crippen LogP contribution in [0.25, 0.3) is 0 Å². The highest BCUT2D eigenvalue weighted by Crippen LogP contribution is 2.28. The van der Waals surface area contributed by atoms with Crippen LogP contribution in [-0.4, -0.2) is 47.8 Å². The largest absolute Gasteiger partial charge is 0.322 e. The van der Waals surface area contributed by atoms with Gasteiger partial charge in [-0.15, -0.1) is 0 Å². The van der Waals surface area contributed by atoms with Crippen molar-refractivity contribution < 1.29 is 14.4 Å². The molecule has 4 rings (SSSR count). The molecule has 0 radical (unpaired) electrons. The third-order valence-electron chi connectivity index (χ3n) is 4.96. The summed E-state index contributed by atoms with van der Waals surface area (Å²) in [4.78, 5) is 37.5. The van der Waals surface area contributed by atoms with Crippen LogP contribution in [0.2, 0.25) is 0 Å². The number of carbonyl (C=O) groups excluding carboxylic acids is 3. The van der Waals surface area contributed by atoms with Crippen LogP contribution in [0.3, 0.4) is 0 Å². The fraction of sp³-hybridized carbons (Fsp3) is 0.471. The summed E-state index contributed by atoms with van der Waals surface area (Å²) in [6.07, 6.45) is 0.675. The van der Waals surface area contributed by atoms with Crippen molar-refractivity contribution in [3.05, 3.63) is 34.9 Å². The van der Waals surface area contributed by atoms with Crippen molar-refractivity contribution in [3.8, 4) is 0 Å². The zero-order chi connectivity index (χ0) is 16.7. The Morgan fingerprint density at radius 1 is 1.21 bits per heavy atom. The van der Waals surface area contributed by atoms with E-state index in [0.29, 0.717) is 24.6 Å². The first-order valence-corrected chi connectivity index (χ1v) is 8.32. The van der Waals surface area contributed by atoms with Crippen LogP contribution < -0.4 is 16.0 Å². The molecule has 7 heteroatoms. The van der Waals surface area contributed by atoms with Crippen LogP contribution in [0.1, 0.15) is 34.3 Å². The molecule has 0 saturated carbocycles. The minimum atomic E-state index is -0.551. The maximum atomic E-state index is 12.6. The van der Waals surface area contributed by atoms with Crippen molar-refractivity contribution in [2.24, 2.45) is 0 Å². The number of carbonyl (C=O) groups is 3. The molecule has 24 heavy (non-hydrogen) atoms. The molecule has 0 aromatic heterocycles. The van der Waals surface area contributed by atoms with Gasteiger partial charge in [-0.05, 0) is 23.6 Å². The van der Waals surface area contributed by atoms with Crippen LogP contribution in [0.4, 0.5) is 0 Å². The number of amides is 3. The lowest BCUT2D eigenvalue weighted by molar-refractivity contribution is -0.136. The second-order valence-corrected chi connectivity index (χ2v) is 6.63. The predicted octanol–water partition coefficient (Wildman–Crippen LogP) is -0.491. The van der Waals surface area contributed by atoms with Crippen LogP contribution in [0.5, 0.6) is 0 Å². The standard InChI is InChI=1S/C17H20N4O3/c22-15-4-3-14(16(23)20-15)21-9-11-5-10(1-2-13(11)17(21)24)6-19-12-7-18-8-12/h1-2,5,12,14,18-19H,3-4,6-9H2,(H,20,22,23). The summed E-state index contributed by atoms with van der Waals surface area (Å²) in [6, 6.07) is 5.81. The van der Waals surface area contributed by atoms with E-state index < -0.39 is 6.04 Å². The maximum absolute atomic E-state index is 12.6. The third-order valence-corrected chi connectivity index (χ3v) is 4.96. The van der Waals surface area contributed by atoms with Crippen LogP contribution in [0.15, 0.2) is 18.2 Å². The van der Waals surface area contributed by atoms with E-state index in [0.717, 1.165) is 30.8 Å². The molecule has 0 spiro atoms. The molecule has 7 nitrogen and oxygen atoms in total. The Morgan fingerprint density at radius 3 is 2.75 bits per heavy atom. The Hall–Kier alpha value is -2.25. The molecule has 1 unspecified atom stereocenters. The van der Waals surface area contributed by atoms with E-state index in [1.165, 1.54) is 0 Å². The van der Waals surface area contributed by atoms with Crippen LogP contribution in [0, 0.1) is 0 Å². The van der Waals surface area contributed by atoms with Crippen molar-refractivity contribution in [2.75, 3.05) is 13.1 Å². The molecule has 1 aromatic carbocycles. The lowest BCUT2D eigenvalue weighted by Crippen LogP contribution is -2.54. The first kappa shape index (κ1) is 15.3. The first-order valence-electron chi connectivity index (χ1n) is 8.32. The molecule has 3 heterocycles. The number of piperidine rings is 1. The summed E-state index contributed by atoms with van der Waals surface area (Å²) in [6.45, 7) is 3.19. The van der Waals surface area contributed by atoms with E-state index in [1.807, 2.05) is 18.2 Å². The third kappa shape index (κ3) is 2.70. The fourth-order valence-corrected chi connectivity index (χ4v) is 3.43. The minimum Gasteiger partial charge on any atom is -0.322 e. The van der Waals surface area contributed by atoms with E-state index >= 15 is 0 Å². The Kier molecular flexibility index (Phi) is 3.82. The second kappa shape index (κ2) is 5.99. The number of hydrogen-bond acceptors (Lipinski definition) is 5. The molecule has 2 fully saturated rings. The molecule has 2 saturated heterocycles. The number of imide groups is 1. The monoisotopic (exact) mass is 328 g/mol. The van der Waals surface area contributed by atoms with Gasteiger partial charge in [0.2, 0.25) is 11.8 Å². The molecular formula is C17H20N4O3. The Morgan fingerprint density at radius 2 is 2.04 bits per heavy atom. The van der Waals surface area contributed by atoms with E-state index in [-0.39, 0.29) is 24.1 Å². The summed E-state index contributed by atoms with van der Waals surface area (Å²) < 4.78 is 0. The summed E-state index contributed by atoms with van der Waals surface area (Å²) in [7, 11) is 0. The molecule has 1 atom stereocenters. The Labute approximate surface area is 139 Å². The summed E-state index contributed by atoms with van der Waals surface area (Å²) >= 11 is 0. The average molecular weight is 328 g/mol. The molecule has 0 aliphatic carbocycles. The van der Waals surface area contributed by atoms with Crippen molar-refractivity contribution in [1.29, 1.82) is 0 Å². The highest BCUT2D eigenvalue weighted by Gasteiger charge is 2.39. The van der Waals surface area contributed by atoms with E-state index in [1.54, 1.807) is 4.90 Å². The molecular weight excluding hydrogens is 308 g/mol. The molecule has 0 bridgehead atoms. The normalized spacial score (nSPS) is 23.9. The number of nitrogens with zero attached hydrogens (tertiary/aromatic N) is 1. The topological polar surface area (TPSA) is 90.5 Å². The van der Waals surface area contributed by atoms with Gasteiger partial charge in [0.15, 0.2) is 0 Å². The molecule has 3 aliphatic heterocycles. The number of benzene rings is 1. The zero-order valence-electron chi connectivity index (χ0n) is 13.3. The van der Waals surface area contributed by atoms with Gasteiger partial charge in [-0.1, -0.05) is 12.1 Å². The van der Waals surface area contributed by atoms with Gasteiger partial charge >= 0.3 is 0 Å². The number of fused-ring (bicyclic) bond motifs is 1. The van der Waals surface area contributed by atoms with E-state index in [2.05, 4.69) is 16.0 Å². The summed E-state index contributed by atoms with van der Waals surface area (Å²) in [5, 5.41) is 9.00. The van der Waals surface area contributed by atoms with Gasteiger partial charge in [0.05, 0.1) is 0 Å². The summed E-state index contributed by atoms with van der Waals surface area (Å²) in [5.41, 5.74) is 2.75. The van der Waals surface area contributed by atoms with E-state index in [4.69, 9.17) is 0 Å². The highest BCUT2D eigenvalue weighted by atomic mass is 16.2. The lowest BCUT2D eigenvalue weighted by atomic mass is 10.0. The van der Waals surface area contributed by atoms with E-state index in [9.17, 15) is 14.4 Å². The van der Waals surface area contributed by atoms with Gasteiger partial charge in [0, 0.05) is 44.2 Å². The smallest absolute Gasteiger partial charge is 0.255 e. The summed E-state index contributed by atoms with van der Waals surface area (Å²) in [5.74, 6) is -0.756. The van der Waals surface area contributed by atoms with Gasteiger partial charge in [-0.25, -0.2) is 0 Å².